The Morgan fingerprint density at radius 2 is 2.08 bits per heavy atom. The summed E-state index contributed by atoms with van der Waals surface area (Å²) in [6.45, 7) is 5.23. The third kappa shape index (κ3) is 2.29. The molecule has 0 aliphatic carbocycles. The molecule has 1 aliphatic heterocycles. The predicted octanol–water partition coefficient (Wildman–Crippen LogP) is 0.425. The van der Waals surface area contributed by atoms with Crippen molar-refractivity contribution < 1.29 is 4.79 Å². The van der Waals surface area contributed by atoms with Crippen LogP contribution in [0.15, 0.2) is 18.2 Å². The summed E-state index contributed by atoms with van der Waals surface area (Å²) in [6, 6.07) is 5.74. The van der Waals surface area contributed by atoms with E-state index in [9.17, 15) is 4.79 Å². The number of nitrogens with zero attached hydrogens (tertiary/aromatic N) is 7. The maximum absolute atomic E-state index is 12.4. The van der Waals surface area contributed by atoms with Crippen molar-refractivity contribution in [1.29, 1.82) is 0 Å². The first-order valence-electron chi connectivity index (χ1n) is 7.76. The molecule has 124 valence electrons. The molecule has 1 N–H and O–H groups in total. The highest BCUT2D eigenvalue weighted by molar-refractivity contribution is 5.92. The number of hydrogen-bond acceptors (Lipinski definition) is 6. The zero-order valence-corrected chi connectivity index (χ0v) is 13.8. The minimum Gasteiger partial charge on any atom is -0.351 e. The van der Waals surface area contributed by atoms with Crippen LogP contribution >= 0.6 is 0 Å². The van der Waals surface area contributed by atoms with Gasteiger partial charge >= 0.3 is 0 Å². The van der Waals surface area contributed by atoms with E-state index in [0.29, 0.717) is 5.69 Å². The zero-order valence-electron chi connectivity index (χ0n) is 13.8. The minimum absolute atomic E-state index is 0.0675. The van der Waals surface area contributed by atoms with Gasteiger partial charge in [-0.3, -0.25) is 9.89 Å². The number of rotatable bonds is 3. The van der Waals surface area contributed by atoms with Crippen LogP contribution in [0.5, 0.6) is 0 Å². The Balaban J connectivity index is 1.45. The molecule has 1 fully saturated rings. The summed E-state index contributed by atoms with van der Waals surface area (Å²) in [6.07, 6.45) is 0. The lowest BCUT2D eigenvalue weighted by Crippen LogP contribution is -2.60. The second-order valence-corrected chi connectivity index (χ2v) is 6.12. The summed E-state index contributed by atoms with van der Waals surface area (Å²) < 4.78 is 1.73. The summed E-state index contributed by atoms with van der Waals surface area (Å²) in [5, 5.41) is 19.4. The van der Waals surface area contributed by atoms with E-state index in [1.165, 1.54) is 0 Å². The van der Waals surface area contributed by atoms with Crippen molar-refractivity contribution in [2.24, 2.45) is 0 Å². The molecular weight excluding hydrogens is 308 g/mol. The van der Waals surface area contributed by atoms with Crippen LogP contribution in [0, 0.1) is 13.8 Å². The van der Waals surface area contributed by atoms with E-state index in [-0.39, 0.29) is 11.9 Å². The molecule has 0 bridgehead atoms. The molecule has 4 heterocycles. The van der Waals surface area contributed by atoms with Crippen LogP contribution in [0.2, 0.25) is 0 Å². The molecule has 0 aromatic carbocycles. The largest absolute Gasteiger partial charge is 0.351 e. The molecule has 24 heavy (non-hydrogen) atoms. The first kappa shape index (κ1) is 14.6. The fourth-order valence-corrected chi connectivity index (χ4v) is 2.82. The van der Waals surface area contributed by atoms with E-state index in [2.05, 4.69) is 30.4 Å². The Labute approximate surface area is 138 Å². The maximum atomic E-state index is 12.4. The quantitative estimate of drug-likeness (QED) is 0.750. The van der Waals surface area contributed by atoms with Crippen LogP contribution in [0.1, 0.15) is 22.0 Å². The fraction of sp³-hybridized carbons (Fsp3) is 0.400. The highest BCUT2D eigenvalue weighted by Gasteiger charge is 2.34. The second-order valence-electron chi connectivity index (χ2n) is 6.12. The smallest absolute Gasteiger partial charge is 0.274 e. The first-order valence-corrected chi connectivity index (χ1v) is 7.76. The number of carbonyl (C=O) groups excluding carboxylic acids is 1. The summed E-state index contributed by atoms with van der Waals surface area (Å²) in [7, 11) is 1.81. The normalized spacial score (nSPS) is 14.9. The van der Waals surface area contributed by atoms with Crippen LogP contribution in [0.4, 0.5) is 5.82 Å². The van der Waals surface area contributed by atoms with Gasteiger partial charge in [-0.1, -0.05) is 0 Å². The number of nitrogens with one attached hydrogen (secondary N) is 1. The SMILES string of the molecule is Cc1cc(C(=O)N(C)C2CN(c3ccc4nnc(C)n4n3)C2)n[nH]1. The number of fused-ring (bicyclic) bond motifs is 1. The third-order valence-electron chi connectivity index (χ3n) is 4.38. The fourth-order valence-electron chi connectivity index (χ4n) is 2.82. The number of likely N-dealkylation sites (N-methyl/N-ethyl adjacent to an activating group) is 1. The molecule has 9 nitrogen and oxygen atoms in total. The summed E-state index contributed by atoms with van der Waals surface area (Å²) >= 11 is 0. The van der Waals surface area contributed by atoms with Gasteiger partial charge in [-0.25, -0.2) is 0 Å². The average molecular weight is 326 g/mol. The van der Waals surface area contributed by atoms with Crippen molar-refractivity contribution in [2.45, 2.75) is 19.9 Å². The second kappa shape index (κ2) is 5.29. The van der Waals surface area contributed by atoms with E-state index in [1.807, 2.05) is 33.0 Å². The van der Waals surface area contributed by atoms with E-state index in [4.69, 9.17) is 0 Å². The van der Waals surface area contributed by atoms with Gasteiger partial charge < -0.3 is 9.80 Å². The molecule has 0 spiro atoms. The first-order chi connectivity index (χ1) is 11.5. The monoisotopic (exact) mass is 326 g/mol. The van der Waals surface area contributed by atoms with Gasteiger partial charge in [-0.15, -0.1) is 15.3 Å². The Morgan fingerprint density at radius 1 is 1.29 bits per heavy atom. The zero-order chi connectivity index (χ0) is 16.8. The average Bonchev–Trinajstić information content (AvgIpc) is 3.12. The lowest BCUT2D eigenvalue weighted by atomic mass is 10.1. The predicted molar refractivity (Wildman–Crippen MR) is 86.9 cm³/mol. The van der Waals surface area contributed by atoms with E-state index in [1.54, 1.807) is 15.5 Å². The molecule has 4 rings (SSSR count). The Hall–Kier alpha value is -2.97. The topological polar surface area (TPSA) is 95.3 Å². The number of carbonyl (C=O) groups is 1. The third-order valence-corrected chi connectivity index (χ3v) is 4.38. The Kier molecular flexibility index (Phi) is 3.22. The van der Waals surface area contributed by atoms with Crippen molar-refractivity contribution in [3.8, 4) is 0 Å². The molecule has 0 saturated carbocycles. The standard InChI is InChI=1S/C15H18N8O/c1-9-6-12(18-16-9)15(24)21(3)11-7-22(8-11)14-5-4-13-19-17-10(2)23(13)20-14/h4-6,11H,7-8H2,1-3H3,(H,16,18). The minimum atomic E-state index is -0.0675. The van der Waals surface area contributed by atoms with Crippen molar-refractivity contribution in [1.82, 2.24) is 34.9 Å². The Bertz CT molecular complexity index is 907. The molecule has 0 unspecified atom stereocenters. The van der Waals surface area contributed by atoms with Crippen LogP contribution < -0.4 is 4.90 Å². The molecule has 3 aromatic heterocycles. The summed E-state index contributed by atoms with van der Waals surface area (Å²) in [5.41, 5.74) is 2.06. The van der Waals surface area contributed by atoms with Crippen LogP contribution in [-0.4, -0.2) is 67.0 Å². The Morgan fingerprint density at radius 3 is 2.79 bits per heavy atom. The number of aromatic nitrogens is 6. The molecule has 3 aromatic rings. The van der Waals surface area contributed by atoms with Gasteiger partial charge in [-0.2, -0.15) is 9.61 Å². The number of H-pyrrole nitrogens is 1. The van der Waals surface area contributed by atoms with Crippen LogP contribution in [0.3, 0.4) is 0 Å². The van der Waals surface area contributed by atoms with Crippen molar-refractivity contribution >= 4 is 17.4 Å². The van der Waals surface area contributed by atoms with Crippen molar-refractivity contribution in [3.63, 3.8) is 0 Å². The number of aromatic amines is 1. The van der Waals surface area contributed by atoms with Crippen molar-refractivity contribution in [2.75, 3.05) is 25.0 Å². The lowest BCUT2D eigenvalue weighted by Gasteiger charge is -2.44. The molecule has 1 aliphatic rings. The van der Waals surface area contributed by atoms with E-state index >= 15 is 0 Å². The van der Waals surface area contributed by atoms with Gasteiger partial charge in [0, 0.05) is 25.8 Å². The summed E-state index contributed by atoms with van der Waals surface area (Å²) in [5.74, 6) is 1.55. The van der Waals surface area contributed by atoms with E-state index in [0.717, 1.165) is 36.1 Å². The number of hydrogen-bond donors (Lipinski definition) is 1. The molecule has 0 radical (unpaired) electrons. The molecule has 0 atom stereocenters. The highest BCUT2D eigenvalue weighted by atomic mass is 16.2. The maximum Gasteiger partial charge on any atom is 0.274 e. The molecular formula is C15H18N8O. The van der Waals surface area contributed by atoms with Gasteiger partial charge in [0.15, 0.2) is 11.5 Å². The number of amides is 1. The van der Waals surface area contributed by atoms with Gasteiger partial charge in [0.2, 0.25) is 0 Å². The van der Waals surface area contributed by atoms with Gasteiger partial charge in [0.25, 0.3) is 5.91 Å². The highest BCUT2D eigenvalue weighted by Crippen LogP contribution is 2.22. The van der Waals surface area contributed by atoms with Gasteiger partial charge in [0.1, 0.15) is 11.5 Å². The lowest BCUT2D eigenvalue weighted by molar-refractivity contribution is 0.0699. The van der Waals surface area contributed by atoms with Crippen LogP contribution in [0.25, 0.3) is 5.65 Å². The molecule has 1 amide bonds. The van der Waals surface area contributed by atoms with Crippen LogP contribution in [-0.2, 0) is 0 Å². The molecule has 9 heteroatoms. The van der Waals surface area contributed by atoms with Crippen molar-refractivity contribution in [3.05, 3.63) is 35.4 Å². The van der Waals surface area contributed by atoms with Gasteiger partial charge in [-0.05, 0) is 32.0 Å². The molecule has 1 saturated heterocycles. The summed E-state index contributed by atoms with van der Waals surface area (Å²) in [4.78, 5) is 16.3. The van der Waals surface area contributed by atoms with E-state index < -0.39 is 0 Å². The number of anilines is 1. The van der Waals surface area contributed by atoms with Gasteiger partial charge in [0.05, 0.1) is 6.04 Å². The number of aryl methyl sites for hydroxylation is 2.